The van der Waals surface area contributed by atoms with Crippen LogP contribution in [0.2, 0.25) is 0 Å². The van der Waals surface area contributed by atoms with Crippen molar-refractivity contribution in [3.05, 3.63) is 70.8 Å². The maximum absolute atomic E-state index is 11.9. The molecule has 2 saturated heterocycles. The molecule has 2 aliphatic rings. The molecule has 2 aromatic carbocycles. The maximum atomic E-state index is 11.9. The number of carbonyl (C=O) groups excluding carboxylic acids is 1. The van der Waals surface area contributed by atoms with E-state index in [4.69, 9.17) is 14.6 Å². The number of aliphatic hydroxyl groups excluding tert-OH is 2. The molecule has 2 heterocycles. The Balaban J connectivity index is 1.39. The van der Waals surface area contributed by atoms with Crippen molar-refractivity contribution in [2.75, 3.05) is 19.6 Å². The molecule has 0 spiro atoms. The number of rotatable bonds is 11. The van der Waals surface area contributed by atoms with Crippen LogP contribution in [0.3, 0.4) is 0 Å². The molecule has 0 bridgehead atoms. The minimum atomic E-state index is -0.903. The molecular weight excluding hydrogens is 476 g/mol. The van der Waals surface area contributed by atoms with E-state index in [9.17, 15) is 19.8 Å². The van der Waals surface area contributed by atoms with Gasteiger partial charge in [0.2, 0.25) is 5.91 Å². The highest BCUT2D eigenvalue weighted by atomic mass is 16.7. The Hall–Kier alpha value is -2.82. The van der Waals surface area contributed by atoms with E-state index in [1.165, 1.54) is 0 Å². The quantitative estimate of drug-likeness (QED) is 0.362. The molecule has 9 heteroatoms. The average Bonchev–Trinajstić information content (AvgIpc) is 3.31. The van der Waals surface area contributed by atoms with Gasteiger partial charge in [-0.25, -0.2) is 0 Å². The summed E-state index contributed by atoms with van der Waals surface area (Å²) >= 11 is 0. The number of hydrogen-bond donors (Lipinski definition) is 4. The highest BCUT2D eigenvalue weighted by molar-refractivity contribution is 5.76. The number of hydrogen-bond acceptors (Lipinski definition) is 7. The molecule has 37 heavy (non-hydrogen) atoms. The number of nitrogens with zero attached hydrogens (tertiary/aromatic N) is 1. The van der Waals surface area contributed by atoms with E-state index < -0.39 is 12.3 Å². The second kappa shape index (κ2) is 13.1. The number of aliphatic hydroxyl groups is 2. The van der Waals surface area contributed by atoms with Gasteiger partial charge in [-0.1, -0.05) is 48.5 Å². The Morgan fingerprint density at radius 2 is 1.68 bits per heavy atom. The number of nitrogens with one attached hydrogen (secondary N) is 1. The number of amides is 1. The fourth-order valence-corrected chi connectivity index (χ4v) is 4.78. The van der Waals surface area contributed by atoms with Crippen LogP contribution >= 0.6 is 0 Å². The van der Waals surface area contributed by atoms with E-state index >= 15 is 0 Å². The van der Waals surface area contributed by atoms with Crippen LogP contribution in [0, 0.1) is 0 Å². The third-order valence-electron chi connectivity index (χ3n) is 6.86. The van der Waals surface area contributed by atoms with Crippen LogP contribution in [0.25, 0.3) is 0 Å². The highest BCUT2D eigenvalue weighted by Gasteiger charge is 2.34. The summed E-state index contributed by atoms with van der Waals surface area (Å²) in [7, 11) is 0. The van der Waals surface area contributed by atoms with Crippen molar-refractivity contribution in [2.24, 2.45) is 0 Å². The molecule has 4 atom stereocenters. The predicted octanol–water partition coefficient (Wildman–Crippen LogP) is 2.66. The highest BCUT2D eigenvalue weighted by Crippen LogP contribution is 2.38. The van der Waals surface area contributed by atoms with E-state index in [-0.39, 0.29) is 43.7 Å². The lowest BCUT2D eigenvalue weighted by Gasteiger charge is -2.37. The normalized spacial score (nSPS) is 24.2. The van der Waals surface area contributed by atoms with Gasteiger partial charge in [-0.15, -0.1) is 0 Å². The molecule has 2 aromatic rings. The molecule has 2 aliphatic heterocycles. The Morgan fingerprint density at radius 3 is 2.32 bits per heavy atom. The predicted molar refractivity (Wildman–Crippen MR) is 135 cm³/mol. The van der Waals surface area contributed by atoms with Gasteiger partial charge in [-0.3, -0.25) is 14.5 Å². The standard InChI is InChI=1S/C28H36N2O7/c31-18-20-6-8-21(9-7-20)25-14-24(17-30-13-12-23(32)16-30)36-28(37-25)22-10-4-19(5-11-22)15-29-26(33)2-1-3-27(34)35/h4-11,23-25,28,31-32H,1-3,12-18H2,(H,29,33)(H,34,35)/t23-,24+,25-,28-/m0/s1. The van der Waals surface area contributed by atoms with Crippen LogP contribution in [0.15, 0.2) is 48.5 Å². The number of aliphatic carboxylic acids is 1. The lowest BCUT2D eigenvalue weighted by atomic mass is 9.99. The van der Waals surface area contributed by atoms with Gasteiger partial charge in [0.25, 0.3) is 0 Å². The molecular formula is C28H36N2O7. The van der Waals surface area contributed by atoms with Crippen molar-refractivity contribution in [1.29, 1.82) is 0 Å². The van der Waals surface area contributed by atoms with Gasteiger partial charge in [0.05, 0.1) is 24.9 Å². The van der Waals surface area contributed by atoms with E-state index in [1.54, 1.807) is 0 Å². The van der Waals surface area contributed by atoms with Crippen molar-refractivity contribution in [1.82, 2.24) is 10.2 Å². The van der Waals surface area contributed by atoms with Gasteiger partial charge in [0.1, 0.15) is 0 Å². The largest absolute Gasteiger partial charge is 0.481 e. The Morgan fingerprint density at radius 1 is 0.973 bits per heavy atom. The minimum absolute atomic E-state index is 0.00735. The summed E-state index contributed by atoms with van der Waals surface area (Å²) in [6, 6.07) is 15.5. The number of carboxylic acids is 1. The maximum Gasteiger partial charge on any atom is 0.303 e. The molecule has 0 aliphatic carbocycles. The van der Waals surface area contributed by atoms with Crippen molar-refractivity contribution in [2.45, 2.75) is 69.9 Å². The van der Waals surface area contributed by atoms with Gasteiger partial charge in [-0.05, 0) is 29.5 Å². The van der Waals surface area contributed by atoms with Gasteiger partial charge in [-0.2, -0.15) is 0 Å². The molecule has 200 valence electrons. The molecule has 0 saturated carbocycles. The third-order valence-corrected chi connectivity index (χ3v) is 6.86. The van der Waals surface area contributed by atoms with Crippen molar-refractivity contribution in [3.63, 3.8) is 0 Å². The van der Waals surface area contributed by atoms with Crippen LogP contribution in [-0.2, 0) is 32.2 Å². The summed E-state index contributed by atoms with van der Waals surface area (Å²) in [5, 5.41) is 30.8. The number of carbonyl (C=O) groups is 2. The van der Waals surface area contributed by atoms with Crippen LogP contribution in [-0.4, -0.2) is 63.9 Å². The summed E-state index contributed by atoms with van der Waals surface area (Å²) in [5.41, 5.74) is 3.67. The van der Waals surface area contributed by atoms with Crippen LogP contribution in [0.1, 0.15) is 66.8 Å². The fraction of sp³-hybridized carbons (Fsp3) is 0.500. The monoisotopic (exact) mass is 512 g/mol. The number of benzene rings is 2. The zero-order valence-electron chi connectivity index (χ0n) is 20.9. The summed E-state index contributed by atoms with van der Waals surface area (Å²) < 4.78 is 12.7. The van der Waals surface area contributed by atoms with E-state index in [2.05, 4.69) is 10.2 Å². The van der Waals surface area contributed by atoms with Gasteiger partial charge >= 0.3 is 5.97 Å². The Bertz CT molecular complexity index is 1030. The Kier molecular flexibility index (Phi) is 9.65. The van der Waals surface area contributed by atoms with Gasteiger partial charge in [0.15, 0.2) is 6.29 Å². The van der Waals surface area contributed by atoms with Crippen molar-refractivity contribution < 1.29 is 34.4 Å². The molecule has 2 fully saturated rings. The topological polar surface area (TPSA) is 129 Å². The van der Waals surface area contributed by atoms with E-state index in [0.717, 1.165) is 35.2 Å². The molecule has 0 radical (unpaired) electrons. The van der Waals surface area contributed by atoms with Crippen LogP contribution in [0.5, 0.6) is 0 Å². The van der Waals surface area contributed by atoms with Crippen molar-refractivity contribution in [3.8, 4) is 0 Å². The fourth-order valence-electron chi connectivity index (χ4n) is 4.78. The first-order valence-electron chi connectivity index (χ1n) is 12.9. The second-order valence-corrected chi connectivity index (χ2v) is 9.82. The second-order valence-electron chi connectivity index (χ2n) is 9.82. The SMILES string of the molecule is O=C(O)CCCC(=O)NCc1ccc([C@H]2O[C@@H](CN3CC[C@H](O)C3)C[C@@H](c3ccc(CO)cc3)O2)cc1. The number of likely N-dealkylation sites (tertiary alicyclic amines) is 1. The summed E-state index contributed by atoms with van der Waals surface area (Å²) in [6.45, 7) is 2.57. The molecule has 0 unspecified atom stereocenters. The van der Waals surface area contributed by atoms with Gasteiger partial charge in [0, 0.05) is 51.0 Å². The van der Waals surface area contributed by atoms with Crippen LogP contribution in [0.4, 0.5) is 0 Å². The molecule has 4 N–H and O–H groups in total. The minimum Gasteiger partial charge on any atom is -0.481 e. The van der Waals surface area contributed by atoms with Crippen LogP contribution < -0.4 is 5.32 Å². The summed E-state index contributed by atoms with van der Waals surface area (Å²) in [5.74, 6) is -1.07. The number of β-amino-alcohol motifs (C(OH)–C–C–N with tert-alkyl or cyclic N) is 1. The van der Waals surface area contributed by atoms with E-state index in [0.29, 0.717) is 32.5 Å². The summed E-state index contributed by atoms with van der Waals surface area (Å²) in [6.07, 6.45) is 0.850. The average molecular weight is 513 g/mol. The molecule has 1 amide bonds. The smallest absolute Gasteiger partial charge is 0.303 e. The Labute approximate surface area is 217 Å². The molecule has 9 nitrogen and oxygen atoms in total. The molecule has 0 aromatic heterocycles. The lowest BCUT2D eigenvalue weighted by Crippen LogP contribution is -2.38. The zero-order chi connectivity index (χ0) is 26.2. The molecule has 4 rings (SSSR count). The van der Waals surface area contributed by atoms with Gasteiger partial charge < -0.3 is 30.1 Å². The first kappa shape index (κ1) is 27.2. The first-order valence-corrected chi connectivity index (χ1v) is 12.9. The first-order chi connectivity index (χ1) is 17.9. The van der Waals surface area contributed by atoms with E-state index in [1.807, 2.05) is 48.5 Å². The summed E-state index contributed by atoms with van der Waals surface area (Å²) in [4.78, 5) is 24.8. The lowest BCUT2D eigenvalue weighted by molar-refractivity contribution is -0.252. The zero-order valence-corrected chi connectivity index (χ0v) is 20.9. The number of carboxylic acid groups (broad SMARTS) is 1. The van der Waals surface area contributed by atoms with Crippen molar-refractivity contribution >= 4 is 11.9 Å². The number of ether oxygens (including phenoxy) is 2. The third kappa shape index (κ3) is 8.08.